The van der Waals surface area contributed by atoms with Crippen molar-refractivity contribution >= 4 is 27.5 Å². The van der Waals surface area contributed by atoms with Gasteiger partial charge in [-0.3, -0.25) is 9.59 Å². The van der Waals surface area contributed by atoms with Crippen LogP contribution in [0.3, 0.4) is 0 Å². The van der Waals surface area contributed by atoms with Gasteiger partial charge in [0.2, 0.25) is 21.8 Å². The topological polar surface area (TPSA) is 105 Å². The van der Waals surface area contributed by atoms with Gasteiger partial charge in [-0.1, -0.05) is 17.7 Å². The number of anilines is 1. The summed E-state index contributed by atoms with van der Waals surface area (Å²) in [4.78, 5) is 25.4. The van der Waals surface area contributed by atoms with Crippen molar-refractivity contribution in [3.05, 3.63) is 54.1 Å². The maximum absolute atomic E-state index is 12.2. The molecule has 0 bridgehead atoms. The van der Waals surface area contributed by atoms with Gasteiger partial charge in [-0.15, -0.1) is 0 Å². The molecule has 2 amide bonds. The Bertz CT molecular complexity index is 925. The monoisotopic (exact) mass is 405 g/mol. The van der Waals surface area contributed by atoms with Gasteiger partial charge < -0.3 is 15.0 Å². The van der Waals surface area contributed by atoms with Crippen LogP contribution in [-0.4, -0.2) is 52.4 Å². The number of amides is 2. The average molecular weight is 405 g/mol. The second-order valence-electron chi connectivity index (χ2n) is 6.16. The standard InChI is InChI=1S/C19H23N3O5S/c1-14-4-10-17(11-5-14)28(25,26)20-12-19(24)22(2)13-18(23)21-15-6-8-16(27-3)9-7-15/h4-11,20H,12-13H2,1-3H3,(H,21,23). The highest BCUT2D eigenvalue weighted by Crippen LogP contribution is 2.15. The van der Waals surface area contributed by atoms with Crippen LogP contribution in [0.25, 0.3) is 0 Å². The van der Waals surface area contributed by atoms with Crippen LogP contribution >= 0.6 is 0 Å². The molecule has 150 valence electrons. The van der Waals surface area contributed by atoms with Crippen molar-refractivity contribution in [3.63, 3.8) is 0 Å². The summed E-state index contributed by atoms with van der Waals surface area (Å²) in [6.45, 7) is 1.19. The Kier molecular flexibility index (Phi) is 7.13. The minimum absolute atomic E-state index is 0.0748. The summed E-state index contributed by atoms with van der Waals surface area (Å²) in [6, 6.07) is 13.0. The molecule has 28 heavy (non-hydrogen) atoms. The molecule has 0 aliphatic carbocycles. The normalized spacial score (nSPS) is 11.0. The van der Waals surface area contributed by atoms with E-state index in [9.17, 15) is 18.0 Å². The van der Waals surface area contributed by atoms with Crippen molar-refractivity contribution in [2.24, 2.45) is 0 Å². The van der Waals surface area contributed by atoms with Gasteiger partial charge in [0.15, 0.2) is 0 Å². The summed E-state index contributed by atoms with van der Waals surface area (Å²) in [5, 5.41) is 2.66. The third-order valence-electron chi connectivity index (χ3n) is 3.93. The van der Waals surface area contributed by atoms with Crippen LogP contribution in [-0.2, 0) is 19.6 Å². The smallest absolute Gasteiger partial charge is 0.243 e. The number of hydrogen-bond acceptors (Lipinski definition) is 5. The minimum Gasteiger partial charge on any atom is -0.497 e. The summed E-state index contributed by atoms with van der Waals surface area (Å²) in [5.74, 6) is -0.269. The van der Waals surface area contributed by atoms with Crippen molar-refractivity contribution in [1.29, 1.82) is 0 Å². The SMILES string of the molecule is COc1ccc(NC(=O)CN(C)C(=O)CNS(=O)(=O)c2ccc(C)cc2)cc1. The summed E-state index contributed by atoms with van der Waals surface area (Å²) >= 11 is 0. The first kappa shape index (κ1) is 21.4. The summed E-state index contributed by atoms with van der Waals surface area (Å²) < 4.78 is 31.7. The largest absolute Gasteiger partial charge is 0.497 e. The van der Waals surface area contributed by atoms with Crippen molar-refractivity contribution < 1.29 is 22.7 Å². The quantitative estimate of drug-likeness (QED) is 0.690. The van der Waals surface area contributed by atoms with E-state index in [-0.39, 0.29) is 11.4 Å². The third-order valence-corrected chi connectivity index (χ3v) is 5.34. The lowest BCUT2D eigenvalue weighted by Crippen LogP contribution is -2.41. The zero-order chi connectivity index (χ0) is 20.7. The molecule has 8 nitrogen and oxygen atoms in total. The molecule has 0 spiro atoms. The zero-order valence-corrected chi connectivity index (χ0v) is 16.7. The van der Waals surface area contributed by atoms with E-state index >= 15 is 0 Å². The highest BCUT2D eigenvalue weighted by atomic mass is 32.2. The fourth-order valence-corrected chi connectivity index (χ4v) is 3.25. The molecule has 0 aliphatic rings. The molecule has 9 heteroatoms. The first-order chi connectivity index (χ1) is 13.2. The Labute approximate surface area is 164 Å². The summed E-state index contributed by atoms with van der Waals surface area (Å²) in [6.07, 6.45) is 0. The summed E-state index contributed by atoms with van der Waals surface area (Å²) in [5.41, 5.74) is 1.49. The second kappa shape index (κ2) is 9.34. The fraction of sp³-hybridized carbons (Fsp3) is 0.263. The number of rotatable bonds is 8. The molecule has 2 rings (SSSR count). The van der Waals surface area contributed by atoms with Gasteiger partial charge in [-0.25, -0.2) is 13.1 Å². The van der Waals surface area contributed by atoms with Gasteiger partial charge in [0, 0.05) is 12.7 Å². The molecule has 2 aromatic carbocycles. The fourth-order valence-electron chi connectivity index (χ4n) is 2.27. The van der Waals surface area contributed by atoms with E-state index < -0.39 is 28.4 Å². The third kappa shape index (κ3) is 6.07. The van der Waals surface area contributed by atoms with E-state index in [1.807, 2.05) is 6.92 Å². The predicted molar refractivity (Wildman–Crippen MR) is 106 cm³/mol. The van der Waals surface area contributed by atoms with E-state index in [4.69, 9.17) is 4.74 Å². The highest BCUT2D eigenvalue weighted by Gasteiger charge is 2.18. The van der Waals surface area contributed by atoms with Gasteiger partial charge in [0.25, 0.3) is 0 Å². The maximum atomic E-state index is 12.2. The molecule has 0 fully saturated rings. The molecule has 0 saturated carbocycles. The lowest BCUT2D eigenvalue weighted by atomic mass is 10.2. The maximum Gasteiger partial charge on any atom is 0.243 e. The first-order valence-electron chi connectivity index (χ1n) is 8.45. The van der Waals surface area contributed by atoms with Crippen molar-refractivity contribution in [1.82, 2.24) is 9.62 Å². The Morgan fingerprint density at radius 1 is 1.04 bits per heavy atom. The highest BCUT2D eigenvalue weighted by molar-refractivity contribution is 7.89. The van der Waals surface area contributed by atoms with Crippen LogP contribution in [0.1, 0.15) is 5.56 Å². The number of carbonyl (C=O) groups excluding carboxylic acids is 2. The van der Waals surface area contributed by atoms with E-state index in [0.717, 1.165) is 10.5 Å². The number of ether oxygens (including phenoxy) is 1. The number of carbonyl (C=O) groups is 2. The Balaban J connectivity index is 1.86. The summed E-state index contributed by atoms with van der Waals surface area (Å²) in [7, 11) is -0.830. The lowest BCUT2D eigenvalue weighted by molar-refractivity contribution is -0.132. The van der Waals surface area contributed by atoms with E-state index in [1.165, 1.54) is 19.2 Å². The molecule has 2 aromatic rings. The molecule has 0 aliphatic heterocycles. The van der Waals surface area contributed by atoms with Gasteiger partial charge in [0.1, 0.15) is 5.75 Å². The van der Waals surface area contributed by atoms with Crippen LogP contribution in [0.5, 0.6) is 5.75 Å². The first-order valence-corrected chi connectivity index (χ1v) is 9.94. The average Bonchev–Trinajstić information content (AvgIpc) is 2.67. The lowest BCUT2D eigenvalue weighted by Gasteiger charge is -2.17. The number of sulfonamides is 1. The van der Waals surface area contributed by atoms with Crippen LogP contribution in [0.2, 0.25) is 0 Å². The Morgan fingerprint density at radius 2 is 1.64 bits per heavy atom. The zero-order valence-electron chi connectivity index (χ0n) is 15.9. The molecular formula is C19H23N3O5S. The number of likely N-dealkylation sites (N-methyl/N-ethyl adjacent to an activating group) is 1. The second-order valence-corrected chi connectivity index (χ2v) is 7.93. The molecule has 0 saturated heterocycles. The van der Waals surface area contributed by atoms with E-state index in [0.29, 0.717) is 11.4 Å². The molecule has 0 heterocycles. The van der Waals surface area contributed by atoms with Crippen LogP contribution in [0.15, 0.2) is 53.4 Å². The number of methoxy groups -OCH3 is 1. The molecular weight excluding hydrogens is 382 g/mol. The van der Waals surface area contributed by atoms with Crippen molar-refractivity contribution in [2.75, 3.05) is 32.6 Å². The van der Waals surface area contributed by atoms with Crippen LogP contribution < -0.4 is 14.8 Å². The number of nitrogens with zero attached hydrogens (tertiary/aromatic N) is 1. The predicted octanol–water partition coefficient (Wildman–Crippen LogP) is 1.38. The minimum atomic E-state index is -3.80. The molecule has 0 unspecified atom stereocenters. The van der Waals surface area contributed by atoms with E-state index in [1.54, 1.807) is 43.5 Å². The number of aryl methyl sites for hydroxylation is 1. The number of nitrogens with one attached hydrogen (secondary N) is 2. The number of benzene rings is 2. The van der Waals surface area contributed by atoms with Gasteiger partial charge >= 0.3 is 0 Å². The molecule has 0 aromatic heterocycles. The molecule has 2 N–H and O–H groups in total. The van der Waals surface area contributed by atoms with Gasteiger partial charge in [0.05, 0.1) is 25.1 Å². The number of hydrogen-bond donors (Lipinski definition) is 2. The van der Waals surface area contributed by atoms with Gasteiger partial charge in [-0.2, -0.15) is 0 Å². The Morgan fingerprint density at radius 3 is 2.21 bits per heavy atom. The molecule has 0 radical (unpaired) electrons. The molecule has 0 atom stereocenters. The van der Waals surface area contributed by atoms with Crippen LogP contribution in [0, 0.1) is 6.92 Å². The van der Waals surface area contributed by atoms with Crippen LogP contribution in [0.4, 0.5) is 5.69 Å². The van der Waals surface area contributed by atoms with Crippen molar-refractivity contribution in [2.45, 2.75) is 11.8 Å². The van der Waals surface area contributed by atoms with E-state index in [2.05, 4.69) is 10.0 Å². The van der Waals surface area contributed by atoms with Crippen molar-refractivity contribution in [3.8, 4) is 5.75 Å². The Hall–Kier alpha value is -2.91. The van der Waals surface area contributed by atoms with Gasteiger partial charge in [-0.05, 0) is 43.3 Å².